The minimum absolute atomic E-state index is 0.0471. The molecule has 1 aromatic heterocycles. The number of carbonyl (C=O) groups excluding carboxylic acids is 1. The van der Waals surface area contributed by atoms with Crippen molar-refractivity contribution < 1.29 is 4.79 Å². The zero-order valence-corrected chi connectivity index (χ0v) is 17.8. The van der Waals surface area contributed by atoms with E-state index in [0.717, 1.165) is 18.5 Å². The van der Waals surface area contributed by atoms with Crippen LogP contribution in [0.4, 0.5) is 5.69 Å². The van der Waals surface area contributed by atoms with E-state index in [1.165, 1.54) is 29.3 Å². The zero-order valence-electron chi connectivity index (χ0n) is 16.9. The van der Waals surface area contributed by atoms with Crippen LogP contribution < -0.4 is 10.9 Å². The van der Waals surface area contributed by atoms with E-state index in [1.54, 1.807) is 10.6 Å². The number of thioether (sulfide) groups is 1. The van der Waals surface area contributed by atoms with E-state index in [2.05, 4.69) is 22.4 Å². The van der Waals surface area contributed by atoms with Crippen molar-refractivity contribution in [2.24, 2.45) is 0 Å². The molecule has 1 heterocycles. The summed E-state index contributed by atoms with van der Waals surface area (Å²) in [6.07, 6.45) is 3.38. The van der Waals surface area contributed by atoms with Crippen LogP contribution in [-0.4, -0.2) is 20.7 Å². The Hall–Kier alpha value is -2.60. The lowest BCUT2D eigenvalue weighted by atomic mass is 10.1. The normalized spacial score (nSPS) is 14.2. The van der Waals surface area contributed by atoms with E-state index in [1.807, 2.05) is 45.0 Å². The number of nitrogens with zero attached hydrogens (tertiary/aromatic N) is 2. The molecule has 0 unspecified atom stereocenters. The predicted molar refractivity (Wildman–Crippen MR) is 119 cm³/mol. The van der Waals surface area contributed by atoms with Gasteiger partial charge in [-0.1, -0.05) is 30.0 Å². The Morgan fingerprint density at radius 3 is 2.66 bits per heavy atom. The van der Waals surface area contributed by atoms with Gasteiger partial charge in [0.15, 0.2) is 5.16 Å². The number of nitrogens with one attached hydrogen (secondary N) is 1. The van der Waals surface area contributed by atoms with Crippen LogP contribution in [0.25, 0.3) is 10.9 Å². The number of benzene rings is 2. The van der Waals surface area contributed by atoms with Crippen LogP contribution >= 0.6 is 11.8 Å². The molecule has 1 atom stereocenters. The molecular formula is C23H25N3O2S. The minimum atomic E-state index is -0.388. The number of aromatic nitrogens is 2. The third-order valence-electron chi connectivity index (χ3n) is 5.31. The molecule has 29 heavy (non-hydrogen) atoms. The van der Waals surface area contributed by atoms with Gasteiger partial charge in [-0.3, -0.25) is 14.2 Å². The summed E-state index contributed by atoms with van der Waals surface area (Å²) >= 11 is 1.32. The average molecular weight is 408 g/mol. The second kappa shape index (κ2) is 8.03. The molecule has 4 rings (SSSR count). The largest absolute Gasteiger partial charge is 0.325 e. The van der Waals surface area contributed by atoms with Crippen molar-refractivity contribution >= 4 is 34.3 Å². The molecule has 0 aliphatic heterocycles. The Balaban J connectivity index is 1.58. The smallest absolute Gasteiger partial charge is 0.262 e. The van der Waals surface area contributed by atoms with Crippen molar-refractivity contribution in [3.8, 4) is 0 Å². The van der Waals surface area contributed by atoms with Gasteiger partial charge in [-0.25, -0.2) is 4.98 Å². The number of hydrogen-bond acceptors (Lipinski definition) is 4. The molecule has 0 saturated heterocycles. The maximum absolute atomic E-state index is 13.0. The van der Waals surface area contributed by atoms with Crippen LogP contribution in [0.1, 0.15) is 44.4 Å². The predicted octanol–water partition coefficient (Wildman–Crippen LogP) is 4.59. The molecular weight excluding hydrogens is 382 g/mol. The van der Waals surface area contributed by atoms with Crippen molar-refractivity contribution in [1.82, 2.24) is 9.55 Å². The van der Waals surface area contributed by atoms with Gasteiger partial charge in [0.05, 0.1) is 16.2 Å². The molecule has 0 saturated carbocycles. The highest BCUT2D eigenvalue weighted by molar-refractivity contribution is 8.00. The molecule has 1 N–H and O–H groups in total. The van der Waals surface area contributed by atoms with Gasteiger partial charge in [0.25, 0.3) is 5.56 Å². The van der Waals surface area contributed by atoms with Gasteiger partial charge in [0.2, 0.25) is 5.91 Å². The fourth-order valence-electron chi connectivity index (χ4n) is 3.77. The summed E-state index contributed by atoms with van der Waals surface area (Å²) in [4.78, 5) is 30.4. The first-order chi connectivity index (χ1) is 13.9. The molecule has 1 amide bonds. The topological polar surface area (TPSA) is 64.0 Å². The third-order valence-corrected chi connectivity index (χ3v) is 6.38. The van der Waals surface area contributed by atoms with E-state index in [9.17, 15) is 9.59 Å². The first-order valence-corrected chi connectivity index (χ1v) is 10.9. The Morgan fingerprint density at radius 1 is 1.10 bits per heavy atom. The summed E-state index contributed by atoms with van der Waals surface area (Å²) in [5, 5.41) is 3.80. The van der Waals surface area contributed by atoms with Gasteiger partial charge in [0, 0.05) is 11.7 Å². The average Bonchev–Trinajstić information content (AvgIpc) is 3.15. The molecule has 0 fully saturated rings. The van der Waals surface area contributed by atoms with Gasteiger partial charge >= 0.3 is 0 Å². The van der Waals surface area contributed by atoms with Crippen molar-refractivity contribution in [3.63, 3.8) is 0 Å². The van der Waals surface area contributed by atoms with Crippen molar-refractivity contribution in [1.29, 1.82) is 0 Å². The minimum Gasteiger partial charge on any atom is -0.325 e. The van der Waals surface area contributed by atoms with Gasteiger partial charge in [-0.2, -0.15) is 0 Å². The lowest BCUT2D eigenvalue weighted by Crippen LogP contribution is -2.28. The van der Waals surface area contributed by atoms with Gasteiger partial charge in [-0.05, 0) is 75.4 Å². The summed E-state index contributed by atoms with van der Waals surface area (Å²) in [6.45, 7) is 5.76. The highest BCUT2D eigenvalue weighted by Gasteiger charge is 2.21. The SMILES string of the molecule is CC(C)n1c(S[C@H](C)C(=O)Nc2ccc3c(c2)CCC3)nc2ccccc2c1=O. The molecule has 5 nitrogen and oxygen atoms in total. The molecule has 6 heteroatoms. The van der Waals surface area contributed by atoms with Crippen LogP contribution in [0.3, 0.4) is 0 Å². The van der Waals surface area contributed by atoms with Crippen LogP contribution in [0, 0.1) is 0 Å². The van der Waals surface area contributed by atoms with Gasteiger partial charge in [-0.15, -0.1) is 0 Å². The fraction of sp³-hybridized carbons (Fsp3) is 0.348. The van der Waals surface area contributed by atoms with E-state index >= 15 is 0 Å². The Labute approximate surface area is 174 Å². The van der Waals surface area contributed by atoms with E-state index in [-0.39, 0.29) is 22.8 Å². The quantitative estimate of drug-likeness (QED) is 0.496. The van der Waals surface area contributed by atoms with Crippen molar-refractivity contribution in [3.05, 3.63) is 63.9 Å². The number of anilines is 1. The Bertz CT molecular complexity index is 1140. The number of rotatable bonds is 5. The molecule has 0 radical (unpaired) electrons. The van der Waals surface area contributed by atoms with Gasteiger partial charge < -0.3 is 5.32 Å². The van der Waals surface area contributed by atoms with Crippen LogP contribution in [0.15, 0.2) is 52.4 Å². The number of amides is 1. The van der Waals surface area contributed by atoms with Gasteiger partial charge in [0.1, 0.15) is 0 Å². The van der Waals surface area contributed by atoms with Crippen LogP contribution in [0.2, 0.25) is 0 Å². The first kappa shape index (κ1) is 19.7. The second-order valence-electron chi connectivity index (χ2n) is 7.77. The number of hydrogen-bond donors (Lipinski definition) is 1. The second-order valence-corrected chi connectivity index (χ2v) is 9.07. The monoisotopic (exact) mass is 407 g/mol. The van der Waals surface area contributed by atoms with E-state index in [0.29, 0.717) is 16.1 Å². The Kier molecular flexibility index (Phi) is 5.46. The highest BCUT2D eigenvalue weighted by atomic mass is 32.2. The number of aryl methyl sites for hydroxylation is 2. The molecule has 1 aliphatic carbocycles. The maximum Gasteiger partial charge on any atom is 0.262 e. The number of carbonyl (C=O) groups is 1. The standard InChI is InChI=1S/C23H25N3O2S/c1-14(2)26-22(28)19-9-4-5-10-20(19)25-23(26)29-15(3)21(27)24-18-12-11-16-7-6-8-17(16)13-18/h4-5,9-15H,6-8H2,1-3H3,(H,24,27)/t15-/m1/s1. The molecule has 0 spiro atoms. The zero-order chi connectivity index (χ0) is 20.5. The number of para-hydroxylation sites is 1. The van der Waals surface area contributed by atoms with E-state index in [4.69, 9.17) is 0 Å². The van der Waals surface area contributed by atoms with E-state index < -0.39 is 0 Å². The summed E-state index contributed by atoms with van der Waals surface area (Å²) in [7, 11) is 0. The summed E-state index contributed by atoms with van der Waals surface area (Å²) < 4.78 is 1.67. The highest BCUT2D eigenvalue weighted by Crippen LogP contribution is 2.27. The van der Waals surface area contributed by atoms with Crippen molar-refractivity contribution in [2.75, 3.05) is 5.32 Å². The summed E-state index contributed by atoms with van der Waals surface area (Å²) in [6, 6.07) is 13.4. The lowest BCUT2D eigenvalue weighted by Gasteiger charge is -2.18. The van der Waals surface area contributed by atoms with Crippen LogP contribution in [0.5, 0.6) is 0 Å². The third kappa shape index (κ3) is 3.94. The molecule has 0 bridgehead atoms. The Morgan fingerprint density at radius 2 is 1.86 bits per heavy atom. The molecule has 2 aromatic carbocycles. The van der Waals surface area contributed by atoms with Crippen molar-refractivity contribution in [2.45, 2.75) is 56.5 Å². The maximum atomic E-state index is 13.0. The lowest BCUT2D eigenvalue weighted by molar-refractivity contribution is -0.115. The number of fused-ring (bicyclic) bond motifs is 2. The first-order valence-electron chi connectivity index (χ1n) is 10.0. The molecule has 1 aliphatic rings. The fourth-order valence-corrected chi connectivity index (χ4v) is 4.81. The molecule has 150 valence electrons. The summed E-state index contributed by atoms with van der Waals surface area (Å²) in [5.74, 6) is -0.0920. The summed E-state index contributed by atoms with van der Waals surface area (Å²) in [5.41, 5.74) is 4.12. The van der Waals surface area contributed by atoms with Crippen LogP contribution in [-0.2, 0) is 17.6 Å². The molecule has 3 aromatic rings.